The molecular formula is Al5Cl3O6. The normalized spacial score (nSPS) is 1.71. The topological polar surface area (TPSA) is 120 Å². The van der Waals surface area contributed by atoms with Crippen LogP contribution in [-0.4, -0.2) is 81.2 Å². The van der Waals surface area contributed by atoms with Crippen LogP contribution in [0.4, 0.5) is 0 Å². The van der Waals surface area contributed by atoms with Crippen LogP contribution < -0.4 is 49.7 Å². The third-order valence-electron chi connectivity index (χ3n) is 0. The van der Waals surface area contributed by atoms with Crippen molar-refractivity contribution in [2.24, 2.45) is 0 Å². The Kier molecular flexibility index (Phi) is 438. The van der Waals surface area contributed by atoms with Gasteiger partial charge in [-0.1, -0.05) is 0 Å². The monoisotopic (exact) mass is 336 g/mol. The molecule has 0 aliphatic heterocycles. The minimum atomic E-state index is -1.75. The maximum atomic E-state index is 8.46. The Morgan fingerprint density at radius 1 is 0.571 bits per heavy atom. The molecule has 0 saturated heterocycles. The number of rotatable bonds is 0. The van der Waals surface area contributed by atoms with Crippen LogP contribution in [0.1, 0.15) is 0 Å². The van der Waals surface area contributed by atoms with E-state index in [1.807, 2.05) is 0 Å². The second-order valence-electron chi connectivity index (χ2n) is 0.289. The van der Waals surface area contributed by atoms with E-state index in [9.17, 15) is 0 Å². The first-order valence-electron chi connectivity index (χ1n) is 1.41. The summed E-state index contributed by atoms with van der Waals surface area (Å²) >= 11 is -5.25. The van der Waals surface area contributed by atoms with Gasteiger partial charge in [-0.15, -0.1) is 0 Å². The average Bonchev–Trinajstić information content (AvgIpc) is 1.70. The third-order valence-corrected chi connectivity index (χ3v) is 0. The number of hydrogen-bond acceptors (Lipinski definition) is 6. The SMILES string of the molecule is [Al+3].[Al+3].[Cl-].[Cl-].[Cl-].[O]=[Al][O-].[O]=[Al][O-].[O]=[Al][O-]. The molecule has 0 spiro atoms. The Morgan fingerprint density at radius 3 is 0.571 bits per heavy atom. The van der Waals surface area contributed by atoms with Crippen molar-refractivity contribution in [1.29, 1.82) is 0 Å². The minimum absolute atomic E-state index is 0. The molecule has 14 heteroatoms. The van der Waals surface area contributed by atoms with Gasteiger partial charge in [-0.2, -0.15) is 0 Å². The van der Waals surface area contributed by atoms with Crippen molar-refractivity contribution in [3.63, 3.8) is 0 Å². The van der Waals surface area contributed by atoms with Gasteiger partial charge in [0.25, 0.3) is 0 Å². The van der Waals surface area contributed by atoms with Crippen molar-refractivity contribution in [3.05, 3.63) is 0 Å². The van der Waals surface area contributed by atoms with Gasteiger partial charge in [0.1, 0.15) is 0 Å². The molecule has 72 valence electrons. The molecule has 0 aliphatic carbocycles. The van der Waals surface area contributed by atoms with Crippen molar-refractivity contribution in [1.82, 2.24) is 0 Å². The van der Waals surface area contributed by atoms with Crippen molar-refractivity contribution >= 4 is 81.2 Å². The molecule has 0 aliphatic rings. The fourth-order valence-electron chi connectivity index (χ4n) is 0. The van der Waals surface area contributed by atoms with Gasteiger partial charge >= 0.3 is 105 Å². The first-order valence-corrected chi connectivity index (χ1v) is 4.24. The summed E-state index contributed by atoms with van der Waals surface area (Å²) in [6, 6.07) is 0. The zero-order valence-electron chi connectivity index (χ0n) is 6.47. The molecular weight excluding hydrogens is 337 g/mol. The van der Waals surface area contributed by atoms with E-state index in [1.54, 1.807) is 0 Å². The fraction of sp³-hybridized carbons (Fsp3) is 0. The molecule has 0 radical (unpaired) electrons. The summed E-state index contributed by atoms with van der Waals surface area (Å²) in [7, 11) is 0. The van der Waals surface area contributed by atoms with Gasteiger partial charge < -0.3 is 37.2 Å². The second kappa shape index (κ2) is 111. The molecule has 0 saturated carbocycles. The Morgan fingerprint density at radius 2 is 0.571 bits per heavy atom. The molecule has 14 heavy (non-hydrogen) atoms. The van der Waals surface area contributed by atoms with Gasteiger partial charge in [-0.3, -0.25) is 0 Å². The summed E-state index contributed by atoms with van der Waals surface area (Å²) in [6.45, 7) is 0. The van der Waals surface area contributed by atoms with E-state index in [0.717, 1.165) is 0 Å². The second-order valence-corrected chi connectivity index (χ2v) is 0.866. The predicted octanol–water partition coefficient (Wildman–Crippen LogP) is -14.8. The summed E-state index contributed by atoms with van der Waals surface area (Å²) in [5.74, 6) is 0. The third kappa shape index (κ3) is 468. The average molecular weight is 337 g/mol. The molecule has 6 nitrogen and oxygen atoms in total. The van der Waals surface area contributed by atoms with Crippen LogP contribution >= 0.6 is 0 Å². The van der Waals surface area contributed by atoms with Crippen molar-refractivity contribution in [3.8, 4) is 0 Å². The van der Waals surface area contributed by atoms with Crippen molar-refractivity contribution in [2.75, 3.05) is 0 Å². The molecule has 0 rings (SSSR count). The van der Waals surface area contributed by atoms with Crippen LogP contribution in [0.2, 0.25) is 0 Å². The van der Waals surface area contributed by atoms with Crippen molar-refractivity contribution < 1.29 is 61.1 Å². The van der Waals surface area contributed by atoms with E-state index in [2.05, 4.69) is 0 Å². The molecule has 0 aromatic heterocycles. The van der Waals surface area contributed by atoms with Crippen LogP contribution in [0, 0.1) is 0 Å². The zero-order chi connectivity index (χ0) is 8.12. The zero-order valence-corrected chi connectivity index (χ0v) is 14.5. The quantitative estimate of drug-likeness (QED) is 0.405. The van der Waals surface area contributed by atoms with Gasteiger partial charge in [-0.05, 0) is 0 Å². The van der Waals surface area contributed by atoms with Gasteiger partial charge in [0.15, 0.2) is 0 Å². The van der Waals surface area contributed by atoms with Gasteiger partial charge in [-0.25, -0.2) is 0 Å². The van der Waals surface area contributed by atoms with Crippen LogP contribution in [-0.2, 0) is 11.4 Å². The predicted molar refractivity (Wildman–Crippen MR) is 30.8 cm³/mol. The first kappa shape index (κ1) is 55.3. The molecule has 0 N–H and O–H groups in total. The van der Waals surface area contributed by atoms with Gasteiger partial charge in [0, 0.05) is 0 Å². The summed E-state index contributed by atoms with van der Waals surface area (Å²) < 4.78 is 50.8. The fourth-order valence-corrected chi connectivity index (χ4v) is 0. The van der Waals surface area contributed by atoms with Crippen LogP contribution in [0.3, 0.4) is 0 Å². The van der Waals surface area contributed by atoms with Crippen LogP contribution in [0.25, 0.3) is 0 Å². The number of halogens is 3. The summed E-state index contributed by atoms with van der Waals surface area (Å²) in [4.78, 5) is 0. The molecule has 0 aromatic rings. The standard InChI is InChI=1S/5Al.3ClH.6O/h;;;;;3*1H;;;;;;/q;;;2*+3;;;;;;;3*-1/p-3. The Bertz CT molecular complexity index is 58.2. The Labute approximate surface area is 140 Å². The summed E-state index contributed by atoms with van der Waals surface area (Å²) in [5, 5.41) is 0. The maximum absolute atomic E-state index is 8.46. The molecule has 0 heterocycles. The number of hydrogen-bond donors (Lipinski definition) is 0. The Hall–Kier alpha value is 2.33. The molecule has 0 unspecified atom stereocenters. The molecule has 0 aromatic carbocycles. The molecule has 0 fully saturated rings. The van der Waals surface area contributed by atoms with Crippen LogP contribution in [0.5, 0.6) is 0 Å². The summed E-state index contributed by atoms with van der Waals surface area (Å²) in [5.41, 5.74) is 0. The van der Waals surface area contributed by atoms with E-state index in [4.69, 9.17) is 23.9 Å². The van der Waals surface area contributed by atoms with Gasteiger partial charge in [0.05, 0.1) is 0 Å². The van der Waals surface area contributed by atoms with E-state index in [-0.39, 0.29) is 71.9 Å². The van der Waals surface area contributed by atoms with E-state index in [0.29, 0.717) is 0 Å². The Balaban J connectivity index is -0.00000000545. The van der Waals surface area contributed by atoms with E-state index >= 15 is 0 Å². The van der Waals surface area contributed by atoms with E-state index < -0.39 is 46.5 Å². The first-order chi connectivity index (χ1) is 4.24. The molecule has 0 atom stereocenters. The van der Waals surface area contributed by atoms with Crippen LogP contribution in [0.15, 0.2) is 0 Å². The molecule has 0 amide bonds. The van der Waals surface area contributed by atoms with Crippen molar-refractivity contribution in [2.45, 2.75) is 0 Å². The summed E-state index contributed by atoms with van der Waals surface area (Å²) in [6.07, 6.45) is 0. The molecule has 0 bridgehead atoms. The van der Waals surface area contributed by atoms with Gasteiger partial charge in [0.2, 0.25) is 0 Å². The van der Waals surface area contributed by atoms with E-state index in [1.165, 1.54) is 0 Å².